The van der Waals surface area contributed by atoms with E-state index >= 15 is 0 Å². The van der Waals surface area contributed by atoms with Crippen LogP contribution in [0.4, 0.5) is 0 Å². The van der Waals surface area contributed by atoms with Crippen LogP contribution in [0.25, 0.3) is 0 Å². The summed E-state index contributed by atoms with van der Waals surface area (Å²) in [5.74, 6) is -0.739. The van der Waals surface area contributed by atoms with Crippen molar-refractivity contribution in [3.8, 4) is 0 Å². The molecule has 0 radical (unpaired) electrons. The molecule has 3 rings (SSSR count). The van der Waals surface area contributed by atoms with Crippen molar-refractivity contribution in [1.29, 1.82) is 0 Å². The summed E-state index contributed by atoms with van der Waals surface area (Å²) in [5, 5.41) is 8.90. The molecule has 2 fully saturated rings. The van der Waals surface area contributed by atoms with E-state index < -0.39 is 5.97 Å². The predicted octanol–water partition coefficient (Wildman–Crippen LogP) is 2.49. The molecule has 1 saturated carbocycles. The van der Waals surface area contributed by atoms with Crippen LogP contribution >= 0.6 is 0 Å². The third-order valence-electron chi connectivity index (χ3n) is 4.88. The Morgan fingerprint density at radius 3 is 2.65 bits per heavy atom. The molecule has 1 aromatic rings. The van der Waals surface area contributed by atoms with Gasteiger partial charge in [0.05, 0.1) is 24.3 Å². The highest BCUT2D eigenvalue weighted by Gasteiger charge is 2.36. The maximum Gasteiger partial charge on any atom is 0.335 e. The Morgan fingerprint density at radius 2 is 1.91 bits per heavy atom. The maximum atomic E-state index is 12.6. The molecule has 1 aliphatic carbocycles. The zero-order valence-electron chi connectivity index (χ0n) is 13.2. The number of morpholine rings is 1. The molecule has 1 heterocycles. The summed E-state index contributed by atoms with van der Waals surface area (Å²) in [5.41, 5.74) is 1.27. The van der Waals surface area contributed by atoms with Crippen LogP contribution in [0.2, 0.25) is 0 Å². The number of carboxylic acids is 1. The van der Waals surface area contributed by atoms with Crippen molar-refractivity contribution < 1.29 is 19.4 Å². The number of fused-ring (bicyclic) bond motifs is 1. The smallest absolute Gasteiger partial charge is 0.335 e. The molecule has 1 amide bonds. The highest BCUT2D eigenvalue weighted by Crippen LogP contribution is 2.29. The molecule has 0 spiro atoms. The average Bonchev–Trinajstić information content (AvgIpc) is 2.59. The van der Waals surface area contributed by atoms with Gasteiger partial charge in [0.2, 0.25) is 5.91 Å². The first-order valence-electron chi connectivity index (χ1n) is 8.38. The van der Waals surface area contributed by atoms with Crippen molar-refractivity contribution in [2.24, 2.45) is 0 Å². The summed E-state index contributed by atoms with van der Waals surface area (Å²) in [6.45, 7) is 1.33. The second kappa shape index (κ2) is 7.13. The number of aromatic carboxylic acids is 1. The van der Waals surface area contributed by atoms with Gasteiger partial charge < -0.3 is 14.7 Å². The van der Waals surface area contributed by atoms with Crippen LogP contribution in [0.5, 0.6) is 0 Å². The van der Waals surface area contributed by atoms with Crippen LogP contribution in [0.1, 0.15) is 48.0 Å². The molecule has 2 aliphatic rings. The zero-order valence-corrected chi connectivity index (χ0v) is 13.2. The van der Waals surface area contributed by atoms with E-state index in [0.717, 1.165) is 18.4 Å². The molecular formula is C18H23NO4. The van der Waals surface area contributed by atoms with E-state index in [4.69, 9.17) is 9.84 Å². The summed E-state index contributed by atoms with van der Waals surface area (Å²) >= 11 is 0. The number of carbonyl (C=O) groups excluding carboxylic acids is 1. The van der Waals surface area contributed by atoms with Gasteiger partial charge in [0.15, 0.2) is 0 Å². The average molecular weight is 317 g/mol. The minimum Gasteiger partial charge on any atom is -0.478 e. The van der Waals surface area contributed by atoms with E-state index in [1.807, 2.05) is 4.90 Å². The highest BCUT2D eigenvalue weighted by atomic mass is 16.5. The quantitative estimate of drug-likeness (QED) is 0.926. The summed E-state index contributed by atoms with van der Waals surface area (Å²) in [7, 11) is 0. The van der Waals surface area contributed by atoms with E-state index in [1.165, 1.54) is 12.8 Å². The van der Waals surface area contributed by atoms with Crippen LogP contribution in [-0.2, 0) is 16.0 Å². The fourth-order valence-electron chi connectivity index (χ4n) is 3.61. The summed E-state index contributed by atoms with van der Waals surface area (Å²) in [6.07, 6.45) is 5.80. The summed E-state index contributed by atoms with van der Waals surface area (Å²) in [4.78, 5) is 25.4. The molecule has 124 valence electrons. The molecule has 0 aromatic heterocycles. The van der Waals surface area contributed by atoms with Gasteiger partial charge in [-0.15, -0.1) is 0 Å². The molecule has 5 nitrogen and oxygen atoms in total. The molecule has 5 heteroatoms. The van der Waals surface area contributed by atoms with E-state index in [2.05, 4.69) is 0 Å². The fraction of sp³-hybridized carbons (Fsp3) is 0.556. The van der Waals surface area contributed by atoms with Gasteiger partial charge in [0.1, 0.15) is 0 Å². The Hall–Kier alpha value is -1.88. The van der Waals surface area contributed by atoms with Gasteiger partial charge in [0.25, 0.3) is 0 Å². The van der Waals surface area contributed by atoms with Crippen molar-refractivity contribution >= 4 is 11.9 Å². The normalized spacial score (nSPS) is 24.1. The Kier molecular flexibility index (Phi) is 4.96. The number of nitrogens with zero attached hydrogens (tertiary/aromatic N) is 1. The predicted molar refractivity (Wildman–Crippen MR) is 85.4 cm³/mol. The monoisotopic (exact) mass is 317 g/mol. The first-order valence-corrected chi connectivity index (χ1v) is 8.38. The topological polar surface area (TPSA) is 66.8 Å². The number of rotatable bonds is 4. The lowest BCUT2D eigenvalue weighted by Crippen LogP contribution is -2.54. The van der Waals surface area contributed by atoms with Crippen LogP contribution in [0.3, 0.4) is 0 Å². The van der Waals surface area contributed by atoms with Crippen LogP contribution in [0.15, 0.2) is 24.3 Å². The van der Waals surface area contributed by atoms with Crippen molar-refractivity contribution in [1.82, 2.24) is 4.90 Å². The third kappa shape index (κ3) is 3.72. The number of aryl methyl sites for hydroxylation is 1. The van der Waals surface area contributed by atoms with Crippen LogP contribution in [-0.4, -0.2) is 47.2 Å². The third-order valence-corrected chi connectivity index (χ3v) is 4.88. The zero-order chi connectivity index (χ0) is 16.2. The van der Waals surface area contributed by atoms with Crippen LogP contribution < -0.4 is 0 Å². The maximum absolute atomic E-state index is 12.6. The highest BCUT2D eigenvalue weighted by molar-refractivity contribution is 5.87. The first kappa shape index (κ1) is 16.0. The number of carbonyl (C=O) groups is 2. The minimum absolute atomic E-state index is 0.188. The van der Waals surface area contributed by atoms with Gasteiger partial charge in [-0.2, -0.15) is 0 Å². The van der Waals surface area contributed by atoms with Gasteiger partial charge in [-0.05, 0) is 37.0 Å². The Bertz CT molecular complexity index is 567. The van der Waals surface area contributed by atoms with E-state index in [1.54, 1.807) is 24.3 Å². The fourth-order valence-corrected chi connectivity index (χ4v) is 3.61. The number of hydrogen-bond donors (Lipinski definition) is 1. The van der Waals surface area contributed by atoms with Gasteiger partial charge in [-0.1, -0.05) is 25.0 Å². The van der Waals surface area contributed by atoms with Crippen molar-refractivity contribution in [2.45, 2.75) is 50.7 Å². The lowest BCUT2D eigenvalue weighted by atomic mass is 9.90. The number of hydrogen-bond acceptors (Lipinski definition) is 3. The molecule has 23 heavy (non-hydrogen) atoms. The van der Waals surface area contributed by atoms with Crippen molar-refractivity contribution in [3.63, 3.8) is 0 Å². The number of ether oxygens (including phenoxy) is 1. The number of benzene rings is 1. The lowest BCUT2D eigenvalue weighted by molar-refractivity contribution is -0.149. The number of amides is 1. The van der Waals surface area contributed by atoms with E-state index in [9.17, 15) is 9.59 Å². The summed E-state index contributed by atoms with van der Waals surface area (Å²) < 4.78 is 5.81. The molecule has 1 saturated heterocycles. The van der Waals surface area contributed by atoms with E-state index in [0.29, 0.717) is 26.0 Å². The molecule has 0 bridgehead atoms. The second-order valence-corrected chi connectivity index (χ2v) is 6.35. The van der Waals surface area contributed by atoms with Gasteiger partial charge in [-0.3, -0.25) is 4.79 Å². The Morgan fingerprint density at radius 1 is 1.17 bits per heavy atom. The molecule has 2 atom stereocenters. The van der Waals surface area contributed by atoms with Crippen LogP contribution in [0, 0.1) is 0 Å². The molecule has 0 unspecified atom stereocenters. The molecule has 1 aliphatic heterocycles. The van der Waals surface area contributed by atoms with Crippen molar-refractivity contribution in [3.05, 3.63) is 35.4 Å². The standard InChI is InChI=1S/C18H23NO4/c20-17(10-7-13-5-8-14(9-6-13)18(21)22)19-11-12-23-16-4-2-1-3-15(16)19/h5-6,8-9,15-16H,1-4,7,10-12H2,(H,21,22)/t15-,16+/m1/s1. The summed E-state index contributed by atoms with van der Waals surface area (Å²) in [6, 6.07) is 7.01. The second-order valence-electron chi connectivity index (χ2n) is 6.35. The Labute approximate surface area is 136 Å². The van der Waals surface area contributed by atoms with Crippen molar-refractivity contribution in [2.75, 3.05) is 13.2 Å². The first-order chi connectivity index (χ1) is 11.1. The van der Waals surface area contributed by atoms with Gasteiger partial charge >= 0.3 is 5.97 Å². The molecule has 1 aromatic carbocycles. The Balaban J connectivity index is 1.57. The lowest BCUT2D eigenvalue weighted by Gasteiger charge is -2.43. The molecular weight excluding hydrogens is 294 g/mol. The van der Waals surface area contributed by atoms with Gasteiger partial charge in [-0.25, -0.2) is 4.79 Å². The SMILES string of the molecule is O=C(O)c1ccc(CCC(=O)N2CCO[C@H]3CCCC[C@H]32)cc1. The van der Waals surface area contributed by atoms with E-state index in [-0.39, 0.29) is 23.6 Å². The van der Waals surface area contributed by atoms with Gasteiger partial charge in [0, 0.05) is 13.0 Å². The molecule has 1 N–H and O–H groups in total. The largest absolute Gasteiger partial charge is 0.478 e. The minimum atomic E-state index is -0.927. The number of carboxylic acid groups (broad SMARTS) is 1.